The smallest absolute Gasteiger partial charge is 0.00197 e. The van der Waals surface area contributed by atoms with E-state index in [-0.39, 0.29) is 0 Å². The van der Waals surface area contributed by atoms with Gasteiger partial charge < -0.3 is 0 Å². The average molecular weight is 1640 g/mol. The Balaban J connectivity index is 0.0000000945. The third-order valence-electron chi connectivity index (χ3n) is 27.4. The van der Waals surface area contributed by atoms with Crippen molar-refractivity contribution in [3.05, 3.63) is 497 Å². The van der Waals surface area contributed by atoms with Crippen LogP contribution in [0.15, 0.2) is 497 Å². The number of hydrogen-bond acceptors (Lipinski definition) is 0. The van der Waals surface area contributed by atoms with Gasteiger partial charge in [0.1, 0.15) is 0 Å². The van der Waals surface area contributed by atoms with Gasteiger partial charge in [-0.05, 0) is 321 Å². The van der Waals surface area contributed by atoms with E-state index in [1.165, 1.54) is 260 Å². The first-order chi connectivity index (χ1) is 64.5. The Hall–Kier alpha value is -16.9. The van der Waals surface area contributed by atoms with E-state index in [0.717, 1.165) is 0 Å². The van der Waals surface area contributed by atoms with Crippen LogP contribution < -0.4 is 0 Å². The monoisotopic (exact) mass is 1640 g/mol. The normalized spacial score (nSPS) is 11.7. The van der Waals surface area contributed by atoms with Crippen molar-refractivity contribution in [3.8, 4) is 55.6 Å². The fraction of sp³-hybridized carbons (Fsp3) is 0. The molecule has 0 atom stereocenters. The van der Waals surface area contributed by atoms with E-state index in [1.807, 2.05) is 0 Å². The lowest BCUT2D eigenvalue weighted by Crippen LogP contribution is -1.89. The molecule has 0 N–H and O–H groups in total. The van der Waals surface area contributed by atoms with Crippen molar-refractivity contribution < 1.29 is 0 Å². The van der Waals surface area contributed by atoms with Crippen LogP contribution in [0.25, 0.3) is 260 Å². The minimum absolute atomic E-state index is 1.25. The van der Waals surface area contributed by atoms with Crippen molar-refractivity contribution in [1.82, 2.24) is 0 Å². The maximum Gasteiger partial charge on any atom is -0.00197 e. The van der Waals surface area contributed by atoms with E-state index in [2.05, 4.69) is 497 Å². The van der Waals surface area contributed by atoms with Crippen LogP contribution in [0.1, 0.15) is 0 Å². The van der Waals surface area contributed by atoms with Gasteiger partial charge in [-0.2, -0.15) is 0 Å². The summed E-state index contributed by atoms with van der Waals surface area (Å²) in [5, 5.41) is 49.6. The topological polar surface area (TPSA) is 0 Å². The van der Waals surface area contributed by atoms with Crippen LogP contribution >= 0.6 is 0 Å². The van der Waals surface area contributed by atoms with Crippen LogP contribution in [-0.2, 0) is 0 Å². The fourth-order valence-electron chi connectivity index (χ4n) is 21.3. The zero-order valence-corrected chi connectivity index (χ0v) is 71.3. The highest BCUT2D eigenvalue weighted by Gasteiger charge is 2.21. The van der Waals surface area contributed by atoms with Gasteiger partial charge in [0.25, 0.3) is 0 Å². The largest absolute Gasteiger partial charge is 0.0622 e. The molecule has 0 aromatic heterocycles. The number of benzene rings is 28. The molecule has 0 heteroatoms. The zero-order valence-electron chi connectivity index (χ0n) is 71.3. The Morgan fingerprint density at radius 2 is 0.300 bits per heavy atom. The highest BCUT2D eigenvalue weighted by Crippen LogP contribution is 2.49. The van der Waals surface area contributed by atoms with Gasteiger partial charge in [-0.3, -0.25) is 0 Å². The molecule has 28 aromatic carbocycles. The molecule has 0 heterocycles. The summed E-state index contributed by atoms with van der Waals surface area (Å²) in [6.07, 6.45) is 0. The molecule has 0 aliphatic rings. The average Bonchev–Trinajstić information content (AvgIpc) is 0.708. The maximum atomic E-state index is 2.43. The van der Waals surface area contributed by atoms with Gasteiger partial charge in [0.15, 0.2) is 0 Å². The number of rotatable bonds is 5. The van der Waals surface area contributed by atoms with Crippen molar-refractivity contribution in [2.45, 2.75) is 0 Å². The Morgan fingerprint density at radius 1 is 0.0769 bits per heavy atom. The van der Waals surface area contributed by atoms with E-state index in [1.54, 1.807) is 0 Å². The molecule has 0 amide bonds. The first-order valence-electron chi connectivity index (χ1n) is 45.1. The standard InChI is InChI=1S/2C36H22.C34H22.C24H16/c1-2-11-25-21-26(18-17-23(25)9-1)33-22-34-29-14-6-8-16-31(29)35-27-12-4-3-10-24(27)19-20-32(35)36(34)30-15-7-5-13-28(30)33;1-2-10-24-19-27(18-17-23(24)9-1)32-22-35-29-14-6-5-13-28(29)33-20-25-11-3-4-12-26(25)21-34(33)36(35)31-16-8-7-15-30(31)32;1-2-8-23(9-3-1)26-16-14-24-15-17-27(21-28(24)20-26)33-22-34-29-11-5-4-10-25(29)18-19-32(34)30-12-6-7-13-31(30)33;1-2-8-17(9-3-1)23-16-24-19-11-5-4-10-18(19)14-15-22(24)20-12-6-7-13-21(20)23/h2*1-22H;1-22H;1-16H. The molecule has 0 bridgehead atoms. The van der Waals surface area contributed by atoms with Crippen molar-refractivity contribution in [3.63, 3.8) is 0 Å². The summed E-state index contributed by atoms with van der Waals surface area (Å²) in [6.45, 7) is 0. The lowest BCUT2D eigenvalue weighted by molar-refractivity contribution is 1.64. The highest BCUT2D eigenvalue weighted by atomic mass is 14.2. The van der Waals surface area contributed by atoms with E-state index in [9.17, 15) is 0 Å². The second kappa shape index (κ2) is 31.6. The predicted octanol–water partition coefficient (Wildman–Crippen LogP) is 37.0. The summed E-state index contributed by atoms with van der Waals surface area (Å²) < 4.78 is 0. The van der Waals surface area contributed by atoms with E-state index in [4.69, 9.17) is 0 Å². The van der Waals surface area contributed by atoms with Crippen LogP contribution in [0.3, 0.4) is 0 Å². The summed E-state index contributed by atoms with van der Waals surface area (Å²) in [7, 11) is 0. The SMILES string of the molecule is c1ccc(-c2cc3c4ccccc4ccc3c3ccccc23)cc1.c1ccc(-c2ccc3ccc(-c4cc5c6ccccc6ccc5c5ccccc45)cc3c2)cc1.c1ccc2cc(-c3cc4c5ccccc5c5c6ccccc6ccc5c4c4ccccc34)ccc2c1.c1ccc2cc(-c3cc4c5ccccc5c5cc6ccccc6cc5c4c4ccccc34)ccc2c1. The van der Waals surface area contributed by atoms with Crippen molar-refractivity contribution in [2.24, 2.45) is 0 Å². The molecular weight excluding hydrogens is 1560 g/mol. The molecule has 0 spiro atoms. The van der Waals surface area contributed by atoms with Crippen LogP contribution in [0.2, 0.25) is 0 Å². The summed E-state index contributed by atoms with van der Waals surface area (Å²) in [5.41, 5.74) is 12.7. The molecule has 0 saturated carbocycles. The third-order valence-corrected chi connectivity index (χ3v) is 27.4. The first kappa shape index (κ1) is 75.6. The second-order valence-electron chi connectivity index (χ2n) is 34.7. The van der Waals surface area contributed by atoms with Gasteiger partial charge >= 0.3 is 0 Å². The maximum absolute atomic E-state index is 2.43. The van der Waals surface area contributed by atoms with E-state index < -0.39 is 0 Å². The summed E-state index contributed by atoms with van der Waals surface area (Å²) >= 11 is 0. The van der Waals surface area contributed by atoms with Crippen LogP contribution in [0, 0.1) is 0 Å². The molecule has 0 fully saturated rings. The van der Waals surface area contributed by atoms with Crippen molar-refractivity contribution in [1.29, 1.82) is 0 Å². The van der Waals surface area contributed by atoms with Gasteiger partial charge in [-0.25, -0.2) is 0 Å². The lowest BCUT2D eigenvalue weighted by Gasteiger charge is -2.17. The molecule has 0 unspecified atom stereocenters. The predicted molar refractivity (Wildman–Crippen MR) is 566 cm³/mol. The highest BCUT2D eigenvalue weighted by molar-refractivity contribution is 6.38. The van der Waals surface area contributed by atoms with E-state index >= 15 is 0 Å². The molecule has 0 aliphatic carbocycles. The number of fused-ring (bicyclic) bond motifs is 32. The van der Waals surface area contributed by atoms with Gasteiger partial charge in [0.05, 0.1) is 0 Å². The molecule has 0 saturated heterocycles. The molecule has 0 radical (unpaired) electrons. The Kier molecular flexibility index (Phi) is 18.4. The fourth-order valence-corrected chi connectivity index (χ4v) is 21.3. The third kappa shape index (κ3) is 13.0. The summed E-state index contributed by atoms with van der Waals surface area (Å²) in [4.78, 5) is 0. The zero-order chi connectivity index (χ0) is 85.7. The molecule has 602 valence electrons. The number of hydrogen-bond donors (Lipinski definition) is 0. The minimum atomic E-state index is 1.25. The van der Waals surface area contributed by atoms with Crippen molar-refractivity contribution in [2.75, 3.05) is 0 Å². The molecule has 0 nitrogen and oxygen atoms in total. The van der Waals surface area contributed by atoms with Gasteiger partial charge in [-0.15, -0.1) is 0 Å². The summed E-state index contributed by atoms with van der Waals surface area (Å²) in [5.74, 6) is 0. The lowest BCUT2D eigenvalue weighted by atomic mass is 9.86. The van der Waals surface area contributed by atoms with Gasteiger partial charge in [0, 0.05) is 0 Å². The molecule has 0 aliphatic heterocycles. The van der Waals surface area contributed by atoms with Gasteiger partial charge in [0.2, 0.25) is 0 Å². The van der Waals surface area contributed by atoms with Crippen molar-refractivity contribution >= 4 is 205 Å². The molecule has 28 rings (SSSR count). The Bertz CT molecular complexity index is 9320. The quantitative estimate of drug-likeness (QED) is 0.119. The van der Waals surface area contributed by atoms with Crippen LogP contribution in [-0.4, -0.2) is 0 Å². The second-order valence-corrected chi connectivity index (χ2v) is 34.7. The molecule has 28 aromatic rings. The molecule has 130 heavy (non-hydrogen) atoms. The minimum Gasteiger partial charge on any atom is -0.0622 e. The first-order valence-corrected chi connectivity index (χ1v) is 45.1. The van der Waals surface area contributed by atoms with Crippen LogP contribution in [0.5, 0.6) is 0 Å². The summed E-state index contributed by atoms with van der Waals surface area (Å²) in [6, 6.07) is 182. The Morgan fingerprint density at radius 3 is 0.754 bits per heavy atom. The van der Waals surface area contributed by atoms with Crippen LogP contribution in [0.4, 0.5) is 0 Å². The molecular formula is C130H82. The van der Waals surface area contributed by atoms with E-state index in [0.29, 0.717) is 0 Å². The Labute approximate surface area is 752 Å². The van der Waals surface area contributed by atoms with Gasteiger partial charge in [-0.1, -0.05) is 437 Å².